The highest BCUT2D eigenvalue weighted by molar-refractivity contribution is 7.10. The van der Waals surface area contributed by atoms with E-state index in [9.17, 15) is 9.59 Å². The molecule has 2 N–H and O–H groups in total. The predicted octanol–water partition coefficient (Wildman–Crippen LogP) is 2.85. The van der Waals surface area contributed by atoms with Crippen LogP contribution in [0.25, 0.3) is 0 Å². The number of nitrogens with one attached hydrogen (secondary N) is 1. The third-order valence-corrected chi connectivity index (χ3v) is 4.63. The Balaban J connectivity index is 1.98. The fraction of sp³-hybridized carbons (Fsp3) is 0.571. The quantitative estimate of drug-likeness (QED) is 0.877. The average molecular weight is 296 g/mol. The van der Waals surface area contributed by atoms with Gasteiger partial charge in [0.05, 0.1) is 12.5 Å². The standard InChI is InChI=1S/C14H20N2O3S/c1-2-11(12-6-4-8-20-12)15-14(19)16-7-3-5-10(16)9-13(17)18/h4,6,8,10-11H,2-3,5,7,9H2,1H3,(H,15,19)(H,17,18). The number of carbonyl (C=O) groups excluding carboxylic acids is 1. The van der Waals surface area contributed by atoms with Crippen molar-refractivity contribution in [1.82, 2.24) is 10.2 Å². The van der Waals surface area contributed by atoms with Crippen LogP contribution in [0.15, 0.2) is 17.5 Å². The van der Waals surface area contributed by atoms with E-state index in [1.807, 2.05) is 24.4 Å². The molecular weight excluding hydrogens is 276 g/mol. The number of carboxylic acid groups (broad SMARTS) is 1. The Morgan fingerprint density at radius 2 is 2.40 bits per heavy atom. The molecule has 1 aliphatic heterocycles. The van der Waals surface area contributed by atoms with Crippen molar-refractivity contribution >= 4 is 23.3 Å². The number of urea groups is 1. The normalized spacial score (nSPS) is 19.9. The predicted molar refractivity (Wildman–Crippen MR) is 77.9 cm³/mol. The molecule has 0 saturated carbocycles. The highest BCUT2D eigenvalue weighted by atomic mass is 32.1. The van der Waals surface area contributed by atoms with Gasteiger partial charge in [-0.1, -0.05) is 13.0 Å². The number of carboxylic acids is 1. The number of hydrogen-bond acceptors (Lipinski definition) is 3. The molecule has 0 aliphatic carbocycles. The summed E-state index contributed by atoms with van der Waals surface area (Å²) in [6.45, 7) is 2.67. The van der Waals surface area contributed by atoms with Crippen molar-refractivity contribution in [1.29, 1.82) is 0 Å². The van der Waals surface area contributed by atoms with Crippen LogP contribution in [0.3, 0.4) is 0 Å². The summed E-state index contributed by atoms with van der Waals surface area (Å²) in [7, 11) is 0. The number of amides is 2. The first kappa shape index (κ1) is 14.8. The second-order valence-corrected chi connectivity index (χ2v) is 5.99. The first-order valence-corrected chi connectivity index (χ1v) is 7.82. The van der Waals surface area contributed by atoms with Crippen LogP contribution in [0.1, 0.15) is 43.5 Å². The van der Waals surface area contributed by atoms with Crippen molar-refractivity contribution in [2.75, 3.05) is 6.54 Å². The van der Waals surface area contributed by atoms with Crippen LogP contribution in [-0.2, 0) is 4.79 Å². The van der Waals surface area contributed by atoms with Gasteiger partial charge in [-0.2, -0.15) is 0 Å². The monoisotopic (exact) mass is 296 g/mol. The summed E-state index contributed by atoms with van der Waals surface area (Å²) in [5.41, 5.74) is 0. The zero-order chi connectivity index (χ0) is 14.5. The van der Waals surface area contributed by atoms with Gasteiger partial charge in [0.15, 0.2) is 0 Å². The fourth-order valence-electron chi connectivity index (χ4n) is 2.61. The van der Waals surface area contributed by atoms with E-state index in [1.165, 1.54) is 0 Å². The molecule has 20 heavy (non-hydrogen) atoms. The smallest absolute Gasteiger partial charge is 0.318 e. The van der Waals surface area contributed by atoms with Gasteiger partial charge in [0.1, 0.15) is 0 Å². The maximum absolute atomic E-state index is 12.3. The van der Waals surface area contributed by atoms with Gasteiger partial charge in [-0.25, -0.2) is 4.79 Å². The van der Waals surface area contributed by atoms with E-state index in [2.05, 4.69) is 5.32 Å². The van der Waals surface area contributed by atoms with Crippen LogP contribution in [0.4, 0.5) is 4.79 Å². The molecule has 2 rings (SSSR count). The van der Waals surface area contributed by atoms with Crippen LogP contribution >= 0.6 is 11.3 Å². The SMILES string of the molecule is CCC(NC(=O)N1CCCC1CC(=O)O)c1cccs1. The maximum atomic E-state index is 12.3. The highest BCUT2D eigenvalue weighted by Crippen LogP contribution is 2.24. The Bertz CT molecular complexity index is 461. The van der Waals surface area contributed by atoms with Crippen molar-refractivity contribution in [2.45, 2.75) is 44.7 Å². The van der Waals surface area contributed by atoms with Gasteiger partial charge >= 0.3 is 12.0 Å². The Kier molecular flexibility index (Phi) is 5.00. The van der Waals surface area contributed by atoms with Crippen molar-refractivity contribution in [3.8, 4) is 0 Å². The molecular formula is C14H20N2O3S. The number of carbonyl (C=O) groups is 2. The second-order valence-electron chi connectivity index (χ2n) is 5.01. The van der Waals surface area contributed by atoms with Gasteiger partial charge in [0.25, 0.3) is 0 Å². The molecule has 1 saturated heterocycles. The lowest BCUT2D eigenvalue weighted by molar-refractivity contribution is -0.137. The molecule has 1 aromatic rings. The molecule has 1 fully saturated rings. The molecule has 0 bridgehead atoms. The first-order chi connectivity index (χ1) is 9.61. The first-order valence-electron chi connectivity index (χ1n) is 6.94. The lowest BCUT2D eigenvalue weighted by Crippen LogP contribution is -2.44. The molecule has 2 unspecified atom stereocenters. The Hall–Kier alpha value is -1.56. The largest absolute Gasteiger partial charge is 0.481 e. The zero-order valence-corrected chi connectivity index (χ0v) is 12.4. The summed E-state index contributed by atoms with van der Waals surface area (Å²) in [5.74, 6) is -0.847. The van der Waals surface area contributed by atoms with Gasteiger partial charge < -0.3 is 15.3 Å². The third-order valence-electron chi connectivity index (χ3n) is 3.64. The maximum Gasteiger partial charge on any atom is 0.318 e. The number of nitrogens with zero attached hydrogens (tertiary/aromatic N) is 1. The Labute approximate surface area is 122 Å². The number of likely N-dealkylation sites (tertiary alicyclic amines) is 1. The van der Waals surface area contributed by atoms with Crippen LogP contribution < -0.4 is 5.32 Å². The molecule has 2 amide bonds. The number of hydrogen-bond donors (Lipinski definition) is 2. The van der Waals surface area contributed by atoms with Crippen LogP contribution in [0.5, 0.6) is 0 Å². The molecule has 2 heterocycles. The third kappa shape index (κ3) is 3.50. The minimum absolute atomic E-state index is 0.00794. The van der Waals surface area contributed by atoms with Crippen molar-refractivity contribution < 1.29 is 14.7 Å². The lowest BCUT2D eigenvalue weighted by Gasteiger charge is -2.26. The molecule has 5 nitrogen and oxygen atoms in total. The molecule has 0 spiro atoms. The van der Waals surface area contributed by atoms with E-state index >= 15 is 0 Å². The average Bonchev–Trinajstić information content (AvgIpc) is 3.05. The topological polar surface area (TPSA) is 69.6 Å². The molecule has 2 atom stereocenters. The molecule has 110 valence electrons. The highest BCUT2D eigenvalue weighted by Gasteiger charge is 2.31. The minimum Gasteiger partial charge on any atom is -0.481 e. The van der Waals surface area contributed by atoms with E-state index < -0.39 is 5.97 Å². The zero-order valence-electron chi connectivity index (χ0n) is 11.5. The second kappa shape index (κ2) is 6.74. The van der Waals surface area contributed by atoms with Crippen molar-refractivity contribution in [3.63, 3.8) is 0 Å². The van der Waals surface area contributed by atoms with E-state index in [1.54, 1.807) is 16.2 Å². The fourth-order valence-corrected chi connectivity index (χ4v) is 3.47. The molecule has 6 heteroatoms. The summed E-state index contributed by atoms with van der Waals surface area (Å²) in [5, 5.41) is 13.9. The number of thiophene rings is 1. The molecule has 1 aromatic heterocycles. The van der Waals surface area contributed by atoms with E-state index in [4.69, 9.17) is 5.11 Å². The van der Waals surface area contributed by atoms with Gasteiger partial charge in [0.2, 0.25) is 0 Å². The van der Waals surface area contributed by atoms with E-state index in [-0.39, 0.29) is 24.5 Å². The van der Waals surface area contributed by atoms with E-state index in [0.29, 0.717) is 6.54 Å². The molecule has 0 aromatic carbocycles. The molecule has 0 radical (unpaired) electrons. The Morgan fingerprint density at radius 1 is 1.60 bits per heavy atom. The van der Waals surface area contributed by atoms with Gasteiger partial charge in [-0.15, -0.1) is 11.3 Å². The molecule has 1 aliphatic rings. The summed E-state index contributed by atoms with van der Waals surface area (Å²) in [4.78, 5) is 26.0. The van der Waals surface area contributed by atoms with Crippen LogP contribution in [0, 0.1) is 0 Å². The van der Waals surface area contributed by atoms with E-state index in [0.717, 1.165) is 24.1 Å². The summed E-state index contributed by atoms with van der Waals surface area (Å²) in [6, 6.07) is 3.67. The Morgan fingerprint density at radius 3 is 3.00 bits per heavy atom. The van der Waals surface area contributed by atoms with Crippen molar-refractivity contribution in [3.05, 3.63) is 22.4 Å². The summed E-state index contributed by atoms with van der Waals surface area (Å²) >= 11 is 1.62. The number of aliphatic carboxylic acids is 1. The summed E-state index contributed by atoms with van der Waals surface area (Å²) in [6.07, 6.45) is 2.50. The van der Waals surface area contributed by atoms with Gasteiger partial charge in [-0.3, -0.25) is 4.79 Å². The van der Waals surface area contributed by atoms with Gasteiger partial charge in [0, 0.05) is 17.5 Å². The van der Waals surface area contributed by atoms with Crippen LogP contribution in [-0.4, -0.2) is 34.6 Å². The van der Waals surface area contributed by atoms with Crippen molar-refractivity contribution in [2.24, 2.45) is 0 Å². The number of rotatable bonds is 5. The van der Waals surface area contributed by atoms with Crippen LogP contribution in [0.2, 0.25) is 0 Å². The van der Waals surface area contributed by atoms with Gasteiger partial charge in [-0.05, 0) is 30.7 Å². The minimum atomic E-state index is -0.847. The lowest BCUT2D eigenvalue weighted by atomic mass is 10.1. The summed E-state index contributed by atoms with van der Waals surface area (Å²) < 4.78 is 0.